The van der Waals surface area contributed by atoms with E-state index in [0.717, 1.165) is 28.7 Å². The zero-order chi connectivity index (χ0) is 11.7. The van der Waals surface area contributed by atoms with Crippen molar-refractivity contribution in [3.8, 4) is 0 Å². The van der Waals surface area contributed by atoms with E-state index in [1.807, 2.05) is 13.0 Å². The van der Waals surface area contributed by atoms with Gasteiger partial charge in [0.1, 0.15) is 11.3 Å². The summed E-state index contributed by atoms with van der Waals surface area (Å²) in [5.41, 5.74) is 2.13. The van der Waals surface area contributed by atoms with Crippen molar-refractivity contribution in [2.45, 2.75) is 39.2 Å². The molecule has 0 saturated heterocycles. The van der Waals surface area contributed by atoms with E-state index in [1.165, 1.54) is 0 Å². The summed E-state index contributed by atoms with van der Waals surface area (Å²) in [7, 11) is 0. The van der Waals surface area contributed by atoms with Crippen LogP contribution in [-0.2, 0) is 0 Å². The van der Waals surface area contributed by atoms with Crippen molar-refractivity contribution >= 4 is 11.0 Å². The summed E-state index contributed by atoms with van der Waals surface area (Å²) in [6, 6.07) is 8.23. The van der Waals surface area contributed by atoms with E-state index in [1.54, 1.807) is 0 Å². The number of rotatable bonds is 3. The monoisotopic (exact) mass is 218 g/mol. The molecular weight excluding hydrogens is 200 g/mol. The minimum atomic E-state index is -0.288. The summed E-state index contributed by atoms with van der Waals surface area (Å²) in [6.45, 7) is 5.94. The molecule has 0 amide bonds. The van der Waals surface area contributed by atoms with Gasteiger partial charge in [-0.3, -0.25) is 0 Å². The Bertz CT molecular complexity index is 482. The van der Waals surface area contributed by atoms with E-state index in [0.29, 0.717) is 0 Å². The molecule has 2 nitrogen and oxygen atoms in total. The van der Waals surface area contributed by atoms with Gasteiger partial charge in [-0.25, -0.2) is 0 Å². The standard InChI is InChI=1S/C14H18O2/c1-9-5-4-6-12-8-13(16-14(9)12)10(2)7-11(3)15/h4-6,8,10-11,15H,7H2,1-3H3. The molecule has 1 aromatic heterocycles. The van der Waals surface area contributed by atoms with Gasteiger partial charge in [0.25, 0.3) is 0 Å². The quantitative estimate of drug-likeness (QED) is 0.853. The highest BCUT2D eigenvalue weighted by atomic mass is 16.3. The van der Waals surface area contributed by atoms with E-state index >= 15 is 0 Å². The van der Waals surface area contributed by atoms with Gasteiger partial charge in [0.15, 0.2) is 0 Å². The molecule has 0 saturated carbocycles. The summed E-state index contributed by atoms with van der Waals surface area (Å²) >= 11 is 0. The summed E-state index contributed by atoms with van der Waals surface area (Å²) in [4.78, 5) is 0. The minimum Gasteiger partial charge on any atom is -0.461 e. The first-order chi connectivity index (χ1) is 7.58. The summed E-state index contributed by atoms with van der Waals surface area (Å²) in [5.74, 6) is 1.22. The number of fused-ring (bicyclic) bond motifs is 1. The van der Waals surface area contributed by atoms with Crippen LogP contribution in [-0.4, -0.2) is 11.2 Å². The summed E-state index contributed by atoms with van der Waals surface area (Å²) in [6.07, 6.45) is 0.447. The van der Waals surface area contributed by atoms with Crippen molar-refractivity contribution in [1.29, 1.82) is 0 Å². The van der Waals surface area contributed by atoms with Crippen molar-refractivity contribution < 1.29 is 9.52 Å². The molecule has 1 aromatic carbocycles. The molecular formula is C14H18O2. The molecule has 2 atom stereocenters. The highest BCUT2D eigenvalue weighted by molar-refractivity contribution is 5.80. The number of benzene rings is 1. The highest BCUT2D eigenvalue weighted by Crippen LogP contribution is 2.29. The maximum atomic E-state index is 9.37. The van der Waals surface area contributed by atoms with E-state index in [-0.39, 0.29) is 12.0 Å². The van der Waals surface area contributed by atoms with Gasteiger partial charge in [0, 0.05) is 11.3 Å². The van der Waals surface area contributed by atoms with Crippen LogP contribution in [0.1, 0.15) is 37.5 Å². The Balaban J connectivity index is 2.36. The van der Waals surface area contributed by atoms with Crippen molar-refractivity contribution in [3.63, 3.8) is 0 Å². The molecule has 1 N–H and O–H groups in total. The third kappa shape index (κ3) is 2.12. The Morgan fingerprint density at radius 1 is 1.31 bits per heavy atom. The van der Waals surface area contributed by atoms with Crippen LogP contribution in [0.5, 0.6) is 0 Å². The predicted molar refractivity (Wildman–Crippen MR) is 65.7 cm³/mol. The van der Waals surface area contributed by atoms with Crippen molar-refractivity contribution in [2.75, 3.05) is 0 Å². The first-order valence-corrected chi connectivity index (χ1v) is 5.75. The lowest BCUT2D eigenvalue weighted by molar-refractivity contribution is 0.173. The molecule has 0 radical (unpaired) electrons. The molecule has 0 fully saturated rings. The Kier molecular flexibility index (Phi) is 3.01. The van der Waals surface area contributed by atoms with E-state index in [9.17, 15) is 5.11 Å². The van der Waals surface area contributed by atoms with Crippen LogP contribution in [0.2, 0.25) is 0 Å². The molecule has 86 valence electrons. The van der Waals surface area contributed by atoms with Crippen LogP contribution in [0.15, 0.2) is 28.7 Å². The van der Waals surface area contributed by atoms with Crippen LogP contribution >= 0.6 is 0 Å². The zero-order valence-electron chi connectivity index (χ0n) is 10.0. The average Bonchev–Trinajstić information content (AvgIpc) is 2.61. The Morgan fingerprint density at radius 3 is 2.69 bits per heavy atom. The fourth-order valence-electron chi connectivity index (χ4n) is 2.10. The lowest BCUT2D eigenvalue weighted by Gasteiger charge is -2.09. The van der Waals surface area contributed by atoms with E-state index in [4.69, 9.17) is 4.42 Å². The smallest absolute Gasteiger partial charge is 0.137 e. The number of aliphatic hydroxyl groups excluding tert-OH is 1. The first-order valence-electron chi connectivity index (χ1n) is 5.75. The second-order valence-corrected chi connectivity index (χ2v) is 4.63. The molecule has 0 aliphatic heterocycles. The molecule has 0 bridgehead atoms. The van der Waals surface area contributed by atoms with E-state index in [2.05, 4.69) is 32.0 Å². The van der Waals surface area contributed by atoms with Crippen LogP contribution in [0.25, 0.3) is 11.0 Å². The van der Waals surface area contributed by atoms with Crippen molar-refractivity contribution in [1.82, 2.24) is 0 Å². The second-order valence-electron chi connectivity index (χ2n) is 4.63. The number of aliphatic hydroxyl groups is 1. The third-order valence-corrected chi connectivity index (χ3v) is 2.94. The molecule has 0 aliphatic rings. The summed E-state index contributed by atoms with van der Waals surface area (Å²) in [5, 5.41) is 10.5. The van der Waals surface area contributed by atoms with Crippen LogP contribution in [0.3, 0.4) is 0 Å². The van der Waals surface area contributed by atoms with Gasteiger partial charge >= 0.3 is 0 Å². The highest BCUT2D eigenvalue weighted by Gasteiger charge is 2.14. The van der Waals surface area contributed by atoms with Gasteiger partial charge in [-0.1, -0.05) is 25.1 Å². The van der Waals surface area contributed by atoms with Crippen LogP contribution in [0, 0.1) is 6.92 Å². The van der Waals surface area contributed by atoms with Crippen molar-refractivity contribution in [3.05, 3.63) is 35.6 Å². The van der Waals surface area contributed by atoms with Gasteiger partial charge in [-0.15, -0.1) is 0 Å². The number of para-hydroxylation sites is 1. The zero-order valence-corrected chi connectivity index (χ0v) is 10.0. The average molecular weight is 218 g/mol. The first kappa shape index (κ1) is 11.2. The van der Waals surface area contributed by atoms with Gasteiger partial charge in [-0.2, -0.15) is 0 Å². The van der Waals surface area contributed by atoms with Gasteiger partial charge in [-0.05, 0) is 31.9 Å². The predicted octanol–water partition coefficient (Wildman–Crippen LogP) is 3.62. The number of aryl methyl sites for hydroxylation is 1. The molecule has 2 heteroatoms. The molecule has 2 unspecified atom stereocenters. The summed E-state index contributed by atoms with van der Waals surface area (Å²) < 4.78 is 5.85. The second kappa shape index (κ2) is 4.30. The maximum Gasteiger partial charge on any atom is 0.137 e. The fraction of sp³-hybridized carbons (Fsp3) is 0.429. The number of furan rings is 1. The molecule has 16 heavy (non-hydrogen) atoms. The fourth-order valence-corrected chi connectivity index (χ4v) is 2.10. The van der Waals surface area contributed by atoms with Gasteiger partial charge in [0.05, 0.1) is 6.10 Å². The van der Waals surface area contributed by atoms with Gasteiger partial charge in [0.2, 0.25) is 0 Å². The SMILES string of the molecule is Cc1cccc2cc(C(C)CC(C)O)oc12. The van der Waals surface area contributed by atoms with E-state index < -0.39 is 0 Å². The minimum absolute atomic E-state index is 0.256. The van der Waals surface area contributed by atoms with Crippen LogP contribution < -0.4 is 0 Å². The van der Waals surface area contributed by atoms with Gasteiger partial charge < -0.3 is 9.52 Å². The Hall–Kier alpha value is -1.28. The van der Waals surface area contributed by atoms with Crippen molar-refractivity contribution in [2.24, 2.45) is 0 Å². The lowest BCUT2D eigenvalue weighted by Crippen LogP contribution is -2.04. The lowest BCUT2D eigenvalue weighted by atomic mass is 10.0. The Morgan fingerprint density at radius 2 is 2.06 bits per heavy atom. The number of hydrogen-bond acceptors (Lipinski definition) is 2. The largest absolute Gasteiger partial charge is 0.461 e. The molecule has 2 aromatic rings. The molecule has 0 aliphatic carbocycles. The topological polar surface area (TPSA) is 33.4 Å². The molecule has 2 rings (SSSR count). The molecule has 1 heterocycles. The maximum absolute atomic E-state index is 9.37. The third-order valence-electron chi connectivity index (χ3n) is 2.94. The molecule has 0 spiro atoms. The Labute approximate surface area is 95.9 Å². The van der Waals surface area contributed by atoms with Crippen LogP contribution in [0.4, 0.5) is 0 Å². The number of hydrogen-bond donors (Lipinski definition) is 1. The normalized spacial score (nSPS) is 15.2.